The minimum atomic E-state index is -0.731. The van der Waals surface area contributed by atoms with E-state index in [9.17, 15) is 14.0 Å². The fraction of sp³-hybridized carbons (Fsp3) is 0.261. The van der Waals surface area contributed by atoms with E-state index in [1.165, 1.54) is 12.1 Å². The Kier molecular flexibility index (Phi) is 5.11. The van der Waals surface area contributed by atoms with Crippen LogP contribution in [0.15, 0.2) is 42.5 Å². The van der Waals surface area contributed by atoms with Crippen molar-refractivity contribution in [1.82, 2.24) is 9.78 Å². The lowest BCUT2D eigenvalue weighted by Crippen LogP contribution is -2.24. The van der Waals surface area contributed by atoms with Gasteiger partial charge in [-0.05, 0) is 61.2 Å². The van der Waals surface area contributed by atoms with Crippen LogP contribution in [0.25, 0.3) is 11.1 Å². The number of carbonyl (C=O) groups excluding carboxylic acids is 2. The summed E-state index contributed by atoms with van der Waals surface area (Å²) in [4.78, 5) is 25.2. The fourth-order valence-corrected chi connectivity index (χ4v) is 3.69. The number of nitrogens with one attached hydrogen (secondary N) is 2. The van der Waals surface area contributed by atoms with E-state index in [1.54, 1.807) is 16.8 Å². The first kappa shape index (κ1) is 19.8. The molecular weight excluding hydrogens is 383 g/mol. The summed E-state index contributed by atoms with van der Waals surface area (Å²) >= 11 is 0. The number of aryl methyl sites for hydroxylation is 3. The summed E-state index contributed by atoms with van der Waals surface area (Å²) in [5, 5.41) is 10.3. The molecule has 154 valence electrons. The van der Waals surface area contributed by atoms with Gasteiger partial charge in [0.1, 0.15) is 17.7 Å². The zero-order valence-corrected chi connectivity index (χ0v) is 17.1. The molecule has 7 heteroatoms. The second-order valence-corrected chi connectivity index (χ2v) is 7.53. The first-order chi connectivity index (χ1) is 14.4. The Balaban J connectivity index is 1.60. The predicted octanol–water partition coefficient (Wildman–Crippen LogP) is 4.39. The van der Waals surface area contributed by atoms with E-state index < -0.39 is 6.04 Å². The molecule has 0 saturated heterocycles. The normalized spacial score (nSPS) is 15.1. The highest BCUT2D eigenvalue weighted by Gasteiger charge is 2.36. The topological polar surface area (TPSA) is 76.0 Å². The molecule has 30 heavy (non-hydrogen) atoms. The Labute approximate surface area is 174 Å². The van der Waals surface area contributed by atoms with Crippen LogP contribution >= 0.6 is 0 Å². The second kappa shape index (κ2) is 7.74. The van der Waals surface area contributed by atoms with E-state index in [1.807, 2.05) is 39.0 Å². The molecular formula is C23H23FN4O2. The monoisotopic (exact) mass is 406 g/mol. The maximum absolute atomic E-state index is 13.3. The van der Waals surface area contributed by atoms with E-state index >= 15 is 0 Å². The average Bonchev–Trinajstić information content (AvgIpc) is 3.21. The van der Waals surface area contributed by atoms with Gasteiger partial charge in [0.2, 0.25) is 5.91 Å². The Morgan fingerprint density at radius 2 is 1.90 bits per heavy atom. The van der Waals surface area contributed by atoms with Crippen LogP contribution in [-0.4, -0.2) is 21.6 Å². The Morgan fingerprint density at radius 3 is 2.57 bits per heavy atom. The summed E-state index contributed by atoms with van der Waals surface area (Å²) in [6, 6.07) is 11.1. The van der Waals surface area contributed by atoms with Gasteiger partial charge in [0.25, 0.3) is 5.91 Å². The molecule has 0 aliphatic carbocycles. The molecule has 1 aliphatic rings. The van der Waals surface area contributed by atoms with Crippen LogP contribution in [-0.2, 0) is 16.0 Å². The molecule has 1 aliphatic heterocycles. The summed E-state index contributed by atoms with van der Waals surface area (Å²) in [6.45, 7) is 5.95. The molecule has 0 bridgehead atoms. The average molecular weight is 406 g/mol. The maximum atomic E-state index is 13.3. The summed E-state index contributed by atoms with van der Waals surface area (Å²) in [7, 11) is 0. The fourth-order valence-electron chi connectivity index (χ4n) is 3.69. The summed E-state index contributed by atoms with van der Waals surface area (Å²) in [6.07, 6.45) is 0.615. The van der Waals surface area contributed by atoms with Crippen LogP contribution in [0.2, 0.25) is 0 Å². The number of hydrogen-bond acceptors (Lipinski definition) is 3. The largest absolute Gasteiger partial charge is 0.326 e. The molecule has 4 rings (SSSR count). The van der Waals surface area contributed by atoms with Crippen LogP contribution in [0.1, 0.15) is 36.2 Å². The molecule has 0 fully saturated rings. The highest BCUT2D eigenvalue weighted by molar-refractivity contribution is 6.04. The van der Waals surface area contributed by atoms with Gasteiger partial charge in [-0.2, -0.15) is 5.10 Å². The van der Waals surface area contributed by atoms with Gasteiger partial charge in [-0.15, -0.1) is 0 Å². The number of benzene rings is 2. The first-order valence-electron chi connectivity index (χ1n) is 9.92. The van der Waals surface area contributed by atoms with E-state index in [4.69, 9.17) is 0 Å². The quantitative estimate of drug-likeness (QED) is 0.660. The van der Waals surface area contributed by atoms with Crippen molar-refractivity contribution in [3.63, 3.8) is 0 Å². The van der Waals surface area contributed by atoms with Crippen LogP contribution in [0, 0.1) is 19.7 Å². The van der Waals surface area contributed by atoms with Crippen molar-refractivity contribution in [2.45, 2.75) is 39.7 Å². The highest BCUT2D eigenvalue weighted by atomic mass is 19.1. The van der Waals surface area contributed by atoms with Gasteiger partial charge in [-0.1, -0.05) is 25.1 Å². The summed E-state index contributed by atoms with van der Waals surface area (Å²) in [5.41, 5.74) is 5.25. The van der Waals surface area contributed by atoms with E-state index in [0.29, 0.717) is 17.9 Å². The maximum Gasteiger partial charge on any atom is 0.251 e. The molecule has 2 aromatic carbocycles. The van der Waals surface area contributed by atoms with Gasteiger partial charge < -0.3 is 10.6 Å². The lowest BCUT2D eigenvalue weighted by atomic mass is 10.0. The third-order valence-electron chi connectivity index (χ3n) is 5.46. The number of anilines is 2. The van der Waals surface area contributed by atoms with Crippen molar-refractivity contribution in [1.29, 1.82) is 0 Å². The minimum Gasteiger partial charge on any atom is -0.326 e. The number of carbonyl (C=O) groups is 2. The molecule has 2 N–H and O–H groups in total. The molecule has 1 aromatic heterocycles. The number of aromatic nitrogens is 2. The van der Waals surface area contributed by atoms with Crippen molar-refractivity contribution < 1.29 is 14.0 Å². The molecule has 6 nitrogen and oxygen atoms in total. The van der Waals surface area contributed by atoms with E-state index in [-0.39, 0.29) is 24.1 Å². The molecule has 0 radical (unpaired) electrons. The van der Waals surface area contributed by atoms with Crippen molar-refractivity contribution >= 4 is 23.3 Å². The van der Waals surface area contributed by atoms with Gasteiger partial charge in [-0.3, -0.25) is 9.59 Å². The Bertz CT molecular complexity index is 1130. The van der Waals surface area contributed by atoms with Crippen LogP contribution in [0.4, 0.5) is 15.9 Å². The van der Waals surface area contributed by atoms with E-state index in [0.717, 1.165) is 27.9 Å². The Morgan fingerprint density at radius 1 is 1.17 bits per heavy atom. The lowest BCUT2D eigenvalue weighted by Gasteiger charge is -2.11. The SMILES string of the molecule is CCc1nn2c(c1-c1ccc(F)cc1)NC(=O)C2CC(=O)Nc1ccc(C)c(C)c1. The van der Waals surface area contributed by atoms with Gasteiger partial charge in [-0.25, -0.2) is 9.07 Å². The standard InChI is InChI=1S/C23H23FN4O2/c1-4-18-21(15-6-8-16(24)9-7-15)22-26-23(30)19(28(22)27-18)12-20(29)25-17-10-5-13(2)14(3)11-17/h5-11,19H,4,12H2,1-3H3,(H,25,29)(H,26,30). The smallest absolute Gasteiger partial charge is 0.251 e. The molecule has 2 heterocycles. The number of hydrogen-bond donors (Lipinski definition) is 2. The van der Waals surface area contributed by atoms with Crippen molar-refractivity contribution in [2.75, 3.05) is 10.6 Å². The zero-order chi connectivity index (χ0) is 21.4. The molecule has 2 amide bonds. The lowest BCUT2D eigenvalue weighted by molar-refractivity contribution is -0.123. The van der Waals surface area contributed by atoms with E-state index in [2.05, 4.69) is 15.7 Å². The zero-order valence-electron chi connectivity index (χ0n) is 17.1. The third-order valence-corrected chi connectivity index (χ3v) is 5.46. The summed E-state index contributed by atoms with van der Waals surface area (Å²) < 4.78 is 14.9. The van der Waals surface area contributed by atoms with Gasteiger partial charge in [0, 0.05) is 11.3 Å². The Hall–Kier alpha value is -3.48. The minimum absolute atomic E-state index is 0.0283. The molecule has 3 aromatic rings. The van der Waals surface area contributed by atoms with Gasteiger partial charge in [0.15, 0.2) is 0 Å². The van der Waals surface area contributed by atoms with Gasteiger partial charge >= 0.3 is 0 Å². The number of amides is 2. The van der Waals surface area contributed by atoms with Gasteiger partial charge in [0.05, 0.1) is 12.1 Å². The number of nitrogens with zero attached hydrogens (tertiary/aromatic N) is 2. The molecule has 0 saturated carbocycles. The predicted molar refractivity (Wildman–Crippen MR) is 114 cm³/mol. The number of halogens is 1. The van der Waals surface area contributed by atoms with Crippen molar-refractivity contribution in [3.8, 4) is 11.1 Å². The van der Waals surface area contributed by atoms with Crippen LogP contribution in [0.5, 0.6) is 0 Å². The summed E-state index contributed by atoms with van der Waals surface area (Å²) in [5.74, 6) is -0.320. The third kappa shape index (κ3) is 3.58. The van der Waals surface area contributed by atoms with Crippen molar-refractivity contribution in [2.24, 2.45) is 0 Å². The van der Waals surface area contributed by atoms with Crippen LogP contribution < -0.4 is 10.6 Å². The highest BCUT2D eigenvalue weighted by Crippen LogP contribution is 2.38. The molecule has 1 unspecified atom stereocenters. The number of fused-ring (bicyclic) bond motifs is 1. The number of rotatable bonds is 5. The molecule has 1 atom stereocenters. The molecule has 0 spiro atoms. The van der Waals surface area contributed by atoms with Crippen molar-refractivity contribution in [3.05, 3.63) is 65.1 Å². The second-order valence-electron chi connectivity index (χ2n) is 7.53. The first-order valence-corrected chi connectivity index (χ1v) is 9.92. The van der Waals surface area contributed by atoms with Crippen LogP contribution in [0.3, 0.4) is 0 Å².